The van der Waals surface area contributed by atoms with Crippen molar-refractivity contribution in [3.8, 4) is 56.7 Å². The molecule has 6 heteroatoms. The Labute approximate surface area is 327 Å². The van der Waals surface area contributed by atoms with E-state index < -0.39 is 0 Å². The molecule has 0 spiro atoms. The molecule has 0 atom stereocenters. The van der Waals surface area contributed by atoms with Crippen molar-refractivity contribution >= 4 is 54.6 Å². The molecule has 6 nitrogen and oxygen atoms in total. The van der Waals surface area contributed by atoms with E-state index in [1.807, 2.05) is 48.5 Å². The third-order valence-electron chi connectivity index (χ3n) is 11.7. The molecular formula is C51H32N4O2. The monoisotopic (exact) mass is 732 g/mol. The number of fused-ring (bicyclic) bond motifs is 11. The van der Waals surface area contributed by atoms with Crippen LogP contribution in [0.5, 0.6) is 0 Å². The highest BCUT2D eigenvalue weighted by Gasteiger charge is 2.38. The minimum absolute atomic E-state index is 0.252. The van der Waals surface area contributed by atoms with Crippen molar-refractivity contribution in [3.05, 3.63) is 169 Å². The largest absolute Gasteiger partial charge is 0.456 e. The minimum atomic E-state index is -0.252. The van der Waals surface area contributed by atoms with Gasteiger partial charge in [0.1, 0.15) is 16.7 Å². The van der Waals surface area contributed by atoms with Crippen molar-refractivity contribution in [2.24, 2.45) is 0 Å². The van der Waals surface area contributed by atoms with Crippen LogP contribution in [0.4, 0.5) is 0 Å². The van der Waals surface area contributed by atoms with Gasteiger partial charge in [-0.1, -0.05) is 135 Å². The second kappa shape index (κ2) is 11.8. The predicted molar refractivity (Wildman–Crippen MR) is 229 cm³/mol. The van der Waals surface area contributed by atoms with Crippen LogP contribution in [0.2, 0.25) is 0 Å². The predicted octanol–water partition coefficient (Wildman–Crippen LogP) is 13.2. The fourth-order valence-electron chi connectivity index (χ4n) is 9.10. The van der Waals surface area contributed by atoms with E-state index in [1.165, 1.54) is 22.3 Å². The van der Waals surface area contributed by atoms with Gasteiger partial charge in [-0.3, -0.25) is 0 Å². The summed E-state index contributed by atoms with van der Waals surface area (Å²) >= 11 is 0. The van der Waals surface area contributed by atoms with Gasteiger partial charge in [0.15, 0.2) is 23.1 Å². The zero-order chi connectivity index (χ0) is 37.8. The fourth-order valence-corrected chi connectivity index (χ4v) is 9.10. The van der Waals surface area contributed by atoms with Gasteiger partial charge >= 0.3 is 0 Å². The summed E-state index contributed by atoms with van der Waals surface area (Å²) in [7, 11) is 0. The molecule has 57 heavy (non-hydrogen) atoms. The Kier molecular flexibility index (Phi) is 6.59. The molecule has 8 aromatic carbocycles. The number of hydrogen-bond acceptors (Lipinski definition) is 6. The standard InChI is InChI=1S/C51H32N4O2/c1-51(2)39-21-9-8-17-34(39)35-18-11-20-37(45(35)51)49-54-47(53-48(55-49)36-19-10-15-29-12-6-7-16-33(29)36)32-23-22-30-24-26-41-43(38(30)28-32)44-42(56-41)27-25-40-46(44)57-50(52-40)31-13-4-3-5-14-31/h3-28H,1-2H3. The van der Waals surface area contributed by atoms with Crippen molar-refractivity contribution in [2.45, 2.75) is 19.3 Å². The molecule has 0 aliphatic heterocycles. The molecule has 0 radical (unpaired) electrons. The second-order valence-electron chi connectivity index (χ2n) is 15.4. The summed E-state index contributed by atoms with van der Waals surface area (Å²) in [6.07, 6.45) is 0. The average molecular weight is 733 g/mol. The molecule has 268 valence electrons. The van der Waals surface area contributed by atoms with E-state index in [0.29, 0.717) is 28.9 Å². The highest BCUT2D eigenvalue weighted by atomic mass is 16.4. The molecule has 0 saturated carbocycles. The van der Waals surface area contributed by atoms with E-state index >= 15 is 0 Å². The molecule has 1 aliphatic carbocycles. The number of furan rings is 1. The summed E-state index contributed by atoms with van der Waals surface area (Å²) in [5.41, 5.74) is 11.5. The van der Waals surface area contributed by atoms with E-state index in [9.17, 15) is 0 Å². The Bertz CT molecular complexity index is 3450. The molecule has 11 aromatic rings. The molecule has 0 unspecified atom stereocenters. The zero-order valence-electron chi connectivity index (χ0n) is 31.1. The summed E-state index contributed by atoms with van der Waals surface area (Å²) < 4.78 is 13.0. The normalized spacial score (nSPS) is 13.2. The van der Waals surface area contributed by atoms with Gasteiger partial charge in [-0.05, 0) is 80.2 Å². The van der Waals surface area contributed by atoms with E-state index in [0.717, 1.165) is 71.3 Å². The van der Waals surface area contributed by atoms with Gasteiger partial charge in [-0.25, -0.2) is 19.9 Å². The second-order valence-corrected chi connectivity index (χ2v) is 15.4. The maximum Gasteiger partial charge on any atom is 0.227 e. The maximum absolute atomic E-state index is 6.53. The first-order valence-corrected chi connectivity index (χ1v) is 19.2. The Morgan fingerprint density at radius 2 is 1.09 bits per heavy atom. The summed E-state index contributed by atoms with van der Waals surface area (Å²) in [6.45, 7) is 4.60. The summed E-state index contributed by atoms with van der Waals surface area (Å²) in [5, 5.41) is 6.16. The number of benzene rings is 8. The van der Waals surface area contributed by atoms with Gasteiger partial charge in [0.05, 0.1) is 5.39 Å². The highest BCUT2D eigenvalue weighted by molar-refractivity contribution is 6.25. The van der Waals surface area contributed by atoms with E-state index in [4.69, 9.17) is 28.8 Å². The number of nitrogens with zero attached hydrogens (tertiary/aromatic N) is 4. The number of oxazole rings is 1. The van der Waals surface area contributed by atoms with Crippen molar-refractivity contribution in [1.82, 2.24) is 19.9 Å². The molecule has 3 aromatic heterocycles. The summed E-state index contributed by atoms with van der Waals surface area (Å²) in [6, 6.07) is 54.4. The smallest absolute Gasteiger partial charge is 0.227 e. The van der Waals surface area contributed by atoms with Crippen molar-refractivity contribution in [3.63, 3.8) is 0 Å². The van der Waals surface area contributed by atoms with E-state index in [2.05, 4.69) is 123 Å². The first-order chi connectivity index (χ1) is 28.0. The van der Waals surface area contributed by atoms with E-state index in [-0.39, 0.29) is 5.41 Å². The maximum atomic E-state index is 6.53. The van der Waals surface area contributed by atoms with Gasteiger partial charge in [-0.15, -0.1) is 0 Å². The van der Waals surface area contributed by atoms with Crippen LogP contribution in [-0.2, 0) is 5.41 Å². The van der Waals surface area contributed by atoms with Gasteiger partial charge in [-0.2, -0.15) is 0 Å². The third-order valence-corrected chi connectivity index (χ3v) is 11.7. The fraction of sp³-hybridized carbons (Fsp3) is 0.0588. The highest BCUT2D eigenvalue weighted by Crippen LogP contribution is 2.52. The molecule has 0 fully saturated rings. The lowest BCUT2D eigenvalue weighted by molar-refractivity contribution is 0.622. The average Bonchev–Trinajstić information content (AvgIpc) is 3.94. The number of rotatable bonds is 4. The van der Waals surface area contributed by atoms with Gasteiger partial charge in [0.2, 0.25) is 5.89 Å². The van der Waals surface area contributed by atoms with Crippen LogP contribution in [0, 0.1) is 0 Å². The van der Waals surface area contributed by atoms with Crippen molar-refractivity contribution < 1.29 is 8.83 Å². The van der Waals surface area contributed by atoms with Gasteiger partial charge in [0, 0.05) is 33.1 Å². The molecule has 0 N–H and O–H groups in total. The minimum Gasteiger partial charge on any atom is -0.456 e. The summed E-state index contributed by atoms with van der Waals surface area (Å²) in [4.78, 5) is 20.8. The topological polar surface area (TPSA) is 77.8 Å². The summed E-state index contributed by atoms with van der Waals surface area (Å²) in [5.74, 6) is 2.44. The quantitative estimate of drug-likeness (QED) is 0.179. The van der Waals surface area contributed by atoms with Gasteiger partial charge in [0.25, 0.3) is 0 Å². The first-order valence-electron chi connectivity index (χ1n) is 19.2. The number of aromatic nitrogens is 4. The SMILES string of the molecule is CC1(C)c2ccccc2-c2cccc(-c3nc(-c4ccc5ccc6oc7ccc8nc(-c9ccccc9)oc8c7c6c5c4)nc(-c4cccc5ccccc45)n3)c21. The molecule has 12 rings (SSSR count). The first kappa shape index (κ1) is 31.9. The Morgan fingerprint density at radius 1 is 0.439 bits per heavy atom. The van der Waals surface area contributed by atoms with Crippen LogP contribution in [0.3, 0.4) is 0 Å². The Balaban J connectivity index is 1.11. The Morgan fingerprint density at radius 3 is 2.00 bits per heavy atom. The van der Waals surface area contributed by atoms with Gasteiger partial charge < -0.3 is 8.83 Å². The van der Waals surface area contributed by atoms with Crippen molar-refractivity contribution in [1.29, 1.82) is 0 Å². The third kappa shape index (κ3) is 4.71. The van der Waals surface area contributed by atoms with Crippen LogP contribution in [0.25, 0.3) is 111 Å². The molecule has 0 amide bonds. The van der Waals surface area contributed by atoms with E-state index in [1.54, 1.807) is 0 Å². The lowest BCUT2D eigenvalue weighted by atomic mass is 9.80. The molecule has 0 saturated heterocycles. The van der Waals surface area contributed by atoms with Crippen molar-refractivity contribution in [2.75, 3.05) is 0 Å². The lowest BCUT2D eigenvalue weighted by Gasteiger charge is -2.24. The molecular weight excluding hydrogens is 701 g/mol. The molecule has 1 aliphatic rings. The molecule has 3 heterocycles. The van der Waals surface area contributed by atoms with Crippen LogP contribution >= 0.6 is 0 Å². The van der Waals surface area contributed by atoms with Crippen LogP contribution in [-0.4, -0.2) is 19.9 Å². The number of hydrogen-bond donors (Lipinski definition) is 0. The molecule has 0 bridgehead atoms. The lowest BCUT2D eigenvalue weighted by Crippen LogP contribution is -2.17. The van der Waals surface area contributed by atoms with Crippen LogP contribution < -0.4 is 0 Å². The van der Waals surface area contributed by atoms with Crippen LogP contribution in [0.15, 0.2) is 167 Å². The Hall–Kier alpha value is -7.44. The van der Waals surface area contributed by atoms with Crippen LogP contribution in [0.1, 0.15) is 25.0 Å². The zero-order valence-corrected chi connectivity index (χ0v) is 31.1.